The largest absolute Gasteiger partial charge is 0.243 e. The van der Waals surface area contributed by atoms with E-state index in [1.165, 1.54) is 9.87 Å². The first-order chi connectivity index (χ1) is 10.5. The molecule has 1 aliphatic heterocycles. The van der Waals surface area contributed by atoms with Crippen LogP contribution in [0.25, 0.3) is 5.57 Å². The Morgan fingerprint density at radius 2 is 1.41 bits per heavy atom. The lowest BCUT2D eigenvalue weighted by atomic mass is 10.1. The van der Waals surface area contributed by atoms with Crippen molar-refractivity contribution in [2.75, 3.05) is 13.1 Å². The average molecular weight is 313 g/mol. The van der Waals surface area contributed by atoms with Gasteiger partial charge in [0.25, 0.3) is 0 Å². The van der Waals surface area contributed by atoms with Crippen LogP contribution in [0.15, 0.2) is 59.5 Å². The molecule has 2 aromatic carbocycles. The average Bonchev–Trinajstić information content (AvgIpc) is 2.99. The Kier molecular flexibility index (Phi) is 3.89. The van der Waals surface area contributed by atoms with E-state index in [0.29, 0.717) is 18.0 Å². The normalized spacial score (nSPS) is 15.8. The lowest BCUT2D eigenvalue weighted by Gasteiger charge is -2.17. The summed E-state index contributed by atoms with van der Waals surface area (Å²) in [4.78, 5) is 0.358. The lowest BCUT2D eigenvalue weighted by molar-refractivity contribution is 0.490. The Hall–Kier alpha value is -1.91. The molecule has 0 bridgehead atoms. The number of sulfonamides is 1. The third-order valence-electron chi connectivity index (χ3n) is 3.97. The topological polar surface area (TPSA) is 37.4 Å². The molecule has 0 amide bonds. The van der Waals surface area contributed by atoms with E-state index in [2.05, 4.69) is 0 Å². The molecule has 114 valence electrons. The molecule has 0 aromatic heterocycles. The minimum absolute atomic E-state index is 0.358. The third-order valence-corrected chi connectivity index (χ3v) is 5.80. The van der Waals surface area contributed by atoms with Crippen LogP contribution in [0.3, 0.4) is 0 Å². The highest BCUT2D eigenvalue weighted by molar-refractivity contribution is 7.89. The van der Waals surface area contributed by atoms with Crippen molar-refractivity contribution in [1.29, 1.82) is 0 Å². The molecule has 2 aromatic rings. The van der Waals surface area contributed by atoms with Gasteiger partial charge in [-0.25, -0.2) is 8.42 Å². The van der Waals surface area contributed by atoms with Crippen molar-refractivity contribution in [3.8, 4) is 0 Å². The van der Waals surface area contributed by atoms with Gasteiger partial charge in [-0.15, -0.1) is 0 Å². The first-order valence-electron chi connectivity index (χ1n) is 7.30. The van der Waals surface area contributed by atoms with E-state index in [0.717, 1.165) is 16.7 Å². The zero-order valence-corrected chi connectivity index (χ0v) is 13.6. The second kappa shape index (κ2) is 5.71. The van der Waals surface area contributed by atoms with Gasteiger partial charge in [0.15, 0.2) is 0 Å². The fraction of sp³-hybridized carbons (Fsp3) is 0.222. The lowest BCUT2D eigenvalue weighted by Crippen LogP contribution is -2.29. The maximum absolute atomic E-state index is 12.7. The van der Waals surface area contributed by atoms with E-state index in [4.69, 9.17) is 0 Å². The molecule has 3 rings (SSSR count). The van der Waals surface area contributed by atoms with Crippen molar-refractivity contribution in [1.82, 2.24) is 4.31 Å². The quantitative estimate of drug-likeness (QED) is 0.871. The van der Waals surface area contributed by atoms with E-state index in [1.807, 2.05) is 56.3 Å². The van der Waals surface area contributed by atoms with Crippen LogP contribution >= 0.6 is 0 Å². The van der Waals surface area contributed by atoms with Crippen molar-refractivity contribution in [3.05, 3.63) is 71.3 Å². The van der Waals surface area contributed by atoms with Crippen molar-refractivity contribution >= 4 is 15.6 Å². The third kappa shape index (κ3) is 2.85. The van der Waals surface area contributed by atoms with Gasteiger partial charge in [-0.1, -0.05) is 53.6 Å². The van der Waals surface area contributed by atoms with Gasteiger partial charge in [-0.05, 0) is 37.1 Å². The van der Waals surface area contributed by atoms with Crippen LogP contribution in [0.1, 0.15) is 16.7 Å². The minimum atomic E-state index is -3.42. The van der Waals surface area contributed by atoms with Crippen LogP contribution in [-0.2, 0) is 10.0 Å². The number of nitrogens with zero attached hydrogens (tertiary/aromatic N) is 1. The Morgan fingerprint density at radius 1 is 0.864 bits per heavy atom. The number of benzene rings is 2. The number of aryl methyl sites for hydroxylation is 2. The van der Waals surface area contributed by atoms with E-state index in [9.17, 15) is 8.42 Å². The summed E-state index contributed by atoms with van der Waals surface area (Å²) in [6.45, 7) is 4.85. The van der Waals surface area contributed by atoms with Crippen LogP contribution in [0.4, 0.5) is 0 Å². The molecule has 0 fully saturated rings. The number of hydrogen-bond donors (Lipinski definition) is 0. The molecule has 0 atom stereocenters. The smallest absolute Gasteiger partial charge is 0.207 e. The van der Waals surface area contributed by atoms with Gasteiger partial charge in [0.2, 0.25) is 10.0 Å². The van der Waals surface area contributed by atoms with Crippen molar-refractivity contribution < 1.29 is 8.42 Å². The molecule has 0 N–H and O–H groups in total. The van der Waals surface area contributed by atoms with Gasteiger partial charge in [0, 0.05) is 13.1 Å². The molecular formula is C18H19NO2S. The standard InChI is InChI=1S/C18H19NO2S/c1-14-3-7-16(8-4-14)17-11-12-19(13-17)22(20,21)18-9-5-15(2)6-10-18/h3-11H,12-13H2,1-2H3. The van der Waals surface area contributed by atoms with Crippen LogP contribution in [0, 0.1) is 13.8 Å². The fourth-order valence-electron chi connectivity index (χ4n) is 2.55. The van der Waals surface area contributed by atoms with Gasteiger partial charge >= 0.3 is 0 Å². The molecule has 1 aliphatic rings. The molecule has 4 heteroatoms. The Balaban J connectivity index is 1.81. The summed E-state index contributed by atoms with van der Waals surface area (Å²) in [5.74, 6) is 0. The molecule has 0 radical (unpaired) electrons. The van der Waals surface area contributed by atoms with Crippen molar-refractivity contribution in [2.24, 2.45) is 0 Å². The SMILES string of the molecule is Cc1ccc(C2=CCN(S(=O)(=O)c3ccc(C)cc3)C2)cc1. The second-order valence-electron chi connectivity index (χ2n) is 5.71. The van der Waals surface area contributed by atoms with E-state index >= 15 is 0 Å². The van der Waals surface area contributed by atoms with Crippen LogP contribution in [0.2, 0.25) is 0 Å². The van der Waals surface area contributed by atoms with Gasteiger partial charge in [0.1, 0.15) is 0 Å². The maximum Gasteiger partial charge on any atom is 0.243 e. The summed E-state index contributed by atoms with van der Waals surface area (Å²) in [6, 6.07) is 15.2. The summed E-state index contributed by atoms with van der Waals surface area (Å²) >= 11 is 0. The van der Waals surface area contributed by atoms with Crippen molar-refractivity contribution in [2.45, 2.75) is 18.7 Å². The Morgan fingerprint density at radius 3 is 2.00 bits per heavy atom. The molecule has 0 unspecified atom stereocenters. The summed E-state index contributed by atoms with van der Waals surface area (Å²) in [5.41, 5.74) is 4.41. The zero-order valence-electron chi connectivity index (χ0n) is 12.8. The van der Waals surface area contributed by atoms with E-state index < -0.39 is 10.0 Å². The molecule has 0 saturated carbocycles. The minimum Gasteiger partial charge on any atom is -0.207 e. The molecule has 22 heavy (non-hydrogen) atoms. The molecule has 3 nitrogen and oxygen atoms in total. The summed E-state index contributed by atoms with van der Waals surface area (Å²) in [7, 11) is -3.42. The predicted molar refractivity (Wildman–Crippen MR) is 89.1 cm³/mol. The summed E-state index contributed by atoms with van der Waals surface area (Å²) in [5, 5.41) is 0. The van der Waals surface area contributed by atoms with Crippen LogP contribution in [-0.4, -0.2) is 25.8 Å². The van der Waals surface area contributed by atoms with E-state index in [1.54, 1.807) is 12.1 Å². The Bertz CT molecular complexity index is 803. The highest BCUT2D eigenvalue weighted by Gasteiger charge is 2.28. The summed E-state index contributed by atoms with van der Waals surface area (Å²) < 4.78 is 26.9. The van der Waals surface area contributed by atoms with Crippen LogP contribution < -0.4 is 0 Å². The maximum atomic E-state index is 12.7. The fourth-order valence-corrected chi connectivity index (χ4v) is 3.91. The second-order valence-corrected chi connectivity index (χ2v) is 7.64. The summed E-state index contributed by atoms with van der Waals surface area (Å²) in [6.07, 6.45) is 2.00. The first kappa shape index (κ1) is 15.0. The molecule has 1 heterocycles. The molecular weight excluding hydrogens is 294 g/mol. The van der Waals surface area contributed by atoms with Gasteiger partial charge in [-0.3, -0.25) is 0 Å². The van der Waals surface area contributed by atoms with Crippen molar-refractivity contribution in [3.63, 3.8) is 0 Å². The first-order valence-corrected chi connectivity index (χ1v) is 8.74. The molecule has 0 saturated heterocycles. The van der Waals surface area contributed by atoms with Gasteiger partial charge in [0.05, 0.1) is 4.90 Å². The molecule has 0 aliphatic carbocycles. The highest BCUT2D eigenvalue weighted by Crippen LogP contribution is 2.26. The monoisotopic (exact) mass is 313 g/mol. The van der Waals surface area contributed by atoms with Crippen LogP contribution in [0.5, 0.6) is 0 Å². The predicted octanol–water partition coefficient (Wildman–Crippen LogP) is 3.39. The Labute approximate surface area is 132 Å². The van der Waals surface area contributed by atoms with Gasteiger partial charge < -0.3 is 0 Å². The van der Waals surface area contributed by atoms with E-state index in [-0.39, 0.29) is 0 Å². The highest BCUT2D eigenvalue weighted by atomic mass is 32.2. The number of rotatable bonds is 3. The van der Waals surface area contributed by atoms with Gasteiger partial charge in [-0.2, -0.15) is 4.31 Å². The number of hydrogen-bond acceptors (Lipinski definition) is 2. The molecule has 0 spiro atoms. The zero-order chi connectivity index (χ0) is 15.7.